The average molecular weight is 417 g/mol. The highest BCUT2D eigenvalue weighted by Gasteiger charge is 2.38. The Morgan fingerprint density at radius 1 is 1.26 bits per heavy atom. The van der Waals surface area contributed by atoms with Gasteiger partial charge in [-0.1, -0.05) is 0 Å². The summed E-state index contributed by atoms with van der Waals surface area (Å²) in [6.07, 6.45) is 6.89. The van der Waals surface area contributed by atoms with Crippen LogP contribution in [0.5, 0.6) is 5.88 Å². The van der Waals surface area contributed by atoms with Gasteiger partial charge < -0.3 is 9.64 Å². The lowest BCUT2D eigenvalue weighted by atomic mass is 9.99. The summed E-state index contributed by atoms with van der Waals surface area (Å²) >= 11 is 0. The van der Waals surface area contributed by atoms with E-state index in [9.17, 15) is 4.79 Å². The van der Waals surface area contributed by atoms with E-state index in [4.69, 9.17) is 9.72 Å². The molecule has 1 N–H and O–H groups in total. The number of methoxy groups -OCH3 is 1. The third-order valence-corrected chi connectivity index (χ3v) is 5.81. The number of hydrogen-bond acceptors (Lipinski definition) is 7. The van der Waals surface area contributed by atoms with Crippen LogP contribution >= 0.6 is 0 Å². The third kappa shape index (κ3) is 3.52. The summed E-state index contributed by atoms with van der Waals surface area (Å²) in [6.45, 7) is 3.79. The maximum absolute atomic E-state index is 13.4. The maximum Gasteiger partial charge on any atom is 0.329 e. The normalized spacial score (nSPS) is 17.2. The summed E-state index contributed by atoms with van der Waals surface area (Å²) in [5, 5.41) is 2.89. The Hall–Kier alpha value is -3.75. The van der Waals surface area contributed by atoms with E-state index >= 15 is 0 Å². The van der Waals surface area contributed by atoms with Gasteiger partial charge in [0.1, 0.15) is 12.1 Å². The zero-order valence-corrected chi connectivity index (χ0v) is 17.4. The first-order valence-electron chi connectivity index (χ1n) is 10.3. The Morgan fingerprint density at radius 2 is 2.16 bits per heavy atom. The minimum Gasteiger partial charge on any atom is -0.481 e. The first-order chi connectivity index (χ1) is 15.1. The fourth-order valence-electron chi connectivity index (χ4n) is 4.26. The number of rotatable bonds is 3. The monoisotopic (exact) mass is 417 g/mol. The molecule has 5 rings (SSSR count). The number of nitrogens with zero attached hydrogens (tertiary/aromatic N) is 6. The fourth-order valence-corrected chi connectivity index (χ4v) is 4.26. The fraction of sp³-hybridized carbons (Fsp3) is 0.318. The van der Waals surface area contributed by atoms with Crippen molar-refractivity contribution in [3.63, 3.8) is 0 Å². The molecule has 0 saturated carbocycles. The molecule has 0 unspecified atom stereocenters. The number of ether oxygens (including phenoxy) is 1. The predicted molar refractivity (Wildman–Crippen MR) is 118 cm³/mol. The molecule has 2 bridgehead atoms. The average Bonchev–Trinajstić information content (AvgIpc) is 2.79. The third-order valence-electron chi connectivity index (χ3n) is 5.81. The van der Waals surface area contributed by atoms with Crippen molar-refractivity contribution in [1.82, 2.24) is 19.9 Å². The number of piperidine rings is 1. The summed E-state index contributed by atoms with van der Waals surface area (Å²) < 4.78 is 5.14. The van der Waals surface area contributed by atoms with E-state index in [2.05, 4.69) is 31.2 Å². The lowest BCUT2D eigenvalue weighted by Gasteiger charge is -2.45. The van der Waals surface area contributed by atoms with Gasteiger partial charge in [0, 0.05) is 37.1 Å². The molecule has 2 aliphatic heterocycles. The molecule has 1 saturated heterocycles. The van der Waals surface area contributed by atoms with Crippen LogP contribution in [0.2, 0.25) is 0 Å². The van der Waals surface area contributed by atoms with Gasteiger partial charge in [-0.2, -0.15) is 0 Å². The molecule has 1 fully saturated rings. The van der Waals surface area contributed by atoms with Crippen molar-refractivity contribution >= 4 is 23.4 Å². The molecule has 2 amide bonds. The molecule has 158 valence electrons. The van der Waals surface area contributed by atoms with Crippen LogP contribution in [0.25, 0.3) is 11.3 Å². The first-order valence-corrected chi connectivity index (χ1v) is 10.3. The molecule has 9 nitrogen and oxygen atoms in total. The number of amides is 2. The number of anilines is 3. The second kappa shape index (κ2) is 7.82. The summed E-state index contributed by atoms with van der Waals surface area (Å²) in [4.78, 5) is 34.8. The van der Waals surface area contributed by atoms with E-state index in [0.29, 0.717) is 17.5 Å². The van der Waals surface area contributed by atoms with Gasteiger partial charge in [0.05, 0.1) is 24.5 Å². The molecular formula is C22H23N7O2. The van der Waals surface area contributed by atoms with Crippen molar-refractivity contribution in [3.05, 3.63) is 48.5 Å². The lowest BCUT2D eigenvalue weighted by molar-refractivity contribution is 0.252. The second-order valence-electron chi connectivity index (χ2n) is 7.72. The van der Waals surface area contributed by atoms with Crippen LogP contribution in [0.4, 0.5) is 22.1 Å². The summed E-state index contributed by atoms with van der Waals surface area (Å²) in [5.74, 6) is 1.44. The number of pyridine rings is 2. The van der Waals surface area contributed by atoms with Gasteiger partial charge >= 0.3 is 6.03 Å². The van der Waals surface area contributed by atoms with Gasteiger partial charge in [-0.05, 0) is 43.5 Å². The van der Waals surface area contributed by atoms with E-state index in [-0.39, 0.29) is 12.1 Å². The van der Waals surface area contributed by atoms with Crippen molar-refractivity contribution in [2.75, 3.05) is 35.3 Å². The Kier molecular flexibility index (Phi) is 4.85. The molecule has 0 radical (unpaired) electrons. The molecule has 0 aromatic carbocycles. The highest BCUT2D eigenvalue weighted by atomic mass is 16.5. The molecule has 0 spiro atoms. The van der Waals surface area contributed by atoms with E-state index in [1.54, 1.807) is 17.2 Å². The van der Waals surface area contributed by atoms with Crippen molar-refractivity contribution < 1.29 is 9.53 Å². The highest BCUT2D eigenvalue weighted by Crippen LogP contribution is 2.39. The number of aromatic nitrogens is 4. The minimum atomic E-state index is -0.263. The van der Waals surface area contributed by atoms with Gasteiger partial charge in [-0.15, -0.1) is 0 Å². The molecular weight excluding hydrogens is 394 g/mol. The Balaban J connectivity index is 1.54. The van der Waals surface area contributed by atoms with Gasteiger partial charge in [0.2, 0.25) is 5.88 Å². The van der Waals surface area contributed by atoms with Gasteiger partial charge in [0.25, 0.3) is 0 Å². The zero-order valence-electron chi connectivity index (χ0n) is 17.4. The minimum absolute atomic E-state index is 0.0442. The van der Waals surface area contributed by atoms with Crippen LogP contribution in [0.3, 0.4) is 0 Å². The SMILES string of the molecule is COc1cc(NC(=O)N2c3nc(-c4cnccc4C)ccc3N3CCC[C@H]2C3)ncn1. The number of carbonyl (C=O) groups is 1. The molecule has 0 aliphatic carbocycles. The number of hydrogen-bond donors (Lipinski definition) is 1. The Bertz CT molecular complexity index is 1140. The predicted octanol–water partition coefficient (Wildman–Crippen LogP) is 3.27. The Labute approximate surface area is 180 Å². The second-order valence-corrected chi connectivity index (χ2v) is 7.72. The summed E-state index contributed by atoms with van der Waals surface area (Å²) in [7, 11) is 1.53. The number of fused-ring (bicyclic) bond motifs is 4. The molecule has 5 heterocycles. The molecule has 2 aliphatic rings. The maximum atomic E-state index is 13.4. The van der Waals surface area contributed by atoms with Crippen LogP contribution in [0.1, 0.15) is 18.4 Å². The van der Waals surface area contributed by atoms with Crippen molar-refractivity contribution in [1.29, 1.82) is 0 Å². The quantitative estimate of drug-likeness (QED) is 0.699. The molecule has 3 aromatic heterocycles. The topological polar surface area (TPSA) is 96.4 Å². The first kappa shape index (κ1) is 19.2. The van der Waals surface area contributed by atoms with Gasteiger partial charge in [-0.25, -0.2) is 19.7 Å². The largest absolute Gasteiger partial charge is 0.481 e. The van der Waals surface area contributed by atoms with Gasteiger partial charge in [0.15, 0.2) is 5.82 Å². The number of urea groups is 1. The van der Waals surface area contributed by atoms with Crippen LogP contribution in [0, 0.1) is 6.92 Å². The van der Waals surface area contributed by atoms with Crippen LogP contribution in [-0.2, 0) is 0 Å². The molecule has 9 heteroatoms. The number of carbonyl (C=O) groups excluding carboxylic acids is 1. The molecule has 1 atom stereocenters. The van der Waals surface area contributed by atoms with Crippen molar-refractivity contribution in [2.24, 2.45) is 0 Å². The number of aryl methyl sites for hydroxylation is 1. The summed E-state index contributed by atoms with van der Waals surface area (Å²) in [5.41, 5.74) is 3.81. The Morgan fingerprint density at radius 3 is 3.00 bits per heavy atom. The summed E-state index contributed by atoms with van der Waals surface area (Å²) in [6, 6.07) is 7.40. The van der Waals surface area contributed by atoms with Crippen molar-refractivity contribution in [2.45, 2.75) is 25.8 Å². The van der Waals surface area contributed by atoms with Crippen molar-refractivity contribution in [3.8, 4) is 17.1 Å². The van der Waals surface area contributed by atoms with Gasteiger partial charge in [-0.3, -0.25) is 15.2 Å². The molecule has 31 heavy (non-hydrogen) atoms. The van der Waals surface area contributed by atoms with Crippen LogP contribution in [0.15, 0.2) is 43.0 Å². The van der Waals surface area contributed by atoms with Crippen LogP contribution in [-0.4, -0.2) is 52.2 Å². The highest BCUT2D eigenvalue weighted by molar-refractivity contribution is 6.04. The van der Waals surface area contributed by atoms with E-state index in [1.807, 2.05) is 25.3 Å². The van der Waals surface area contributed by atoms with Crippen LogP contribution < -0.4 is 19.9 Å². The van der Waals surface area contributed by atoms with E-state index < -0.39 is 0 Å². The number of nitrogens with one attached hydrogen (secondary N) is 1. The molecule has 3 aromatic rings. The lowest BCUT2D eigenvalue weighted by Crippen LogP contribution is -2.56. The smallest absolute Gasteiger partial charge is 0.329 e. The standard InChI is InChI=1S/C22H23N7O2/c1-14-7-8-23-11-16(14)17-5-6-18-21(26-17)29(15-4-3-9-28(18)12-15)22(30)27-19-10-20(31-2)25-13-24-19/h5-8,10-11,13,15H,3-4,9,12H2,1-2H3,(H,24,25,27,30)/t15-/m0/s1. The van der Waals surface area contributed by atoms with E-state index in [0.717, 1.165) is 48.4 Å². The zero-order chi connectivity index (χ0) is 21.4. The van der Waals surface area contributed by atoms with E-state index in [1.165, 1.54) is 13.4 Å².